The molecular weight excluding hydrogens is 236 g/mol. The summed E-state index contributed by atoms with van der Waals surface area (Å²) < 4.78 is 2.00. The molecular formula is C16H16N2O. The molecule has 0 amide bonds. The van der Waals surface area contributed by atoms with Crippen LogP contribution in [-0.2, 0) is 0 Å². The summed E-state index contributed by atoms with van der Waals surface area (Å²) in [7, 11) is 0. The van der Waals surface area contributed by atoms with Gasteiger partial charge in [0.15, 0.2) is 5.78 Å². The minimum atomic E-state index is 0.0735. The Kier molecular flexibility index (Phi) is 2.45. The highest BCUT2D eigenvalue weighted by molar-refractivity contribution is 6.11. The Morgan fingerprint density at radius 3 is 2.37 bits per heavy atom. The topological polar surface area (TPSA) is 34.4 Å². The van der Waals surface area contributed by atoms with E-state index in [1.165, 1.54) is 0 Å². The van der Waals surface area contributed by atoms with E-state index < -0.39 is 0 Å². The van der Waals surface area contributed by atoms with Crippen LogP contribution in [0.5, 0.6) is 0 Å². The molecule has 0 fully saturated rings. The third-order valence-electron chi connectivity index (χ3n) is 3.89. The van der Waals surface area contributed by atoms with Gasteiger partial charge in [-0.2, -0.15) is 0 Å². The van der Waals surface area contributed by atoms with Crippen LogP contribution >= 0.6 is 0 Å². The molecule has 0 bridgehead atoms. The summed E-state index contributed by atoms with van der Waals surface area (Å²) in [6.45, 7) is 7.72. The lowest BCUT2D eigenvalue weighted by atomic mass is 10.1. The van der Waals surface area contributed by atoms with Crippen molar-refractivity contribution in [1.82, 2.24) is 9.38 Å². The molecule has 3 nitrogen and oxygen atoms in total. The maximum Gasteiger partial charge on any atom is 0.177 e. The molecule has 96 valence electrons. The molecule has 3 heteroatoms. The van der Waals surface area contributed by atoms with Crippen molar-refractivity contribution in [1.29, 1.82) is 0 Å². The number of aryl methyl sites for hydroxylation is 2. The molecule has 19 heavy (non-hydrogen) atoms. The zero-order valence-corrected chi connectivity index (χ0v) is 11.6. The number of hydrogen-bond acceptors (Lipinski definition) is 2. The first kappa shape index (κ1) is 11.9. The van der Waals surface area contributed by atoms with Crippen LogP contribution in [0.4, 0.5) is 0 Å². The molecule has 0 radical (unpaired) electrons. The normalized spacial score (nSPS) is 11.4. The highest BCUT2D eigenvalue weighted by Gasteiger charge is 2.18. The van der Waals surface area contributed by atoms with Crippen LogP contribution in [0, 0.1) is 20.8 Å². The number of benzene rings is 1. The van der Waals surface area contributed by atoms with E-state index in [4.69, 9.17) is 0 Å². The summed E-state index contributed by atoms with van der Waals surface area (Å²) in [6.07, 6.45) is 0. The Hall–Kier alpha value is -2.16. The largest absolute Gasteiger partial charge is 0.294 e. The van der Waals surface area contributed by atoms with Crippen LogP contribution in [0.25, 0.3) is 16.4 Å². The Balaban J connectivity index is 2.69. The zero-order valence-electron chi connectivity index (χ0n) is 11.6. The third kappa shape index (κ3) is 1.51. The van der Waals surface area contributed by atoms with Gasteiger partial charge in [-0.05, 0) is 26.3 Å². The maximum atomic E-state index is 12.0. The molecule has 0 aliphatic rings. The standard InChI is InChI=1S/C16H16N2O/c1-9-10(2)17-16-14-8-6-5-7-13(14)15(12(4)19)18(16)11(9)3/h5-8H,1-4H3. The van der Waals surface area contributed by atoms with Crippen LogP contribution in [0.3, 0.4) is 0 Å². The fraction of sp³-hybridized carbons (Fsp3) is 0.250. The first-order chi connectivity index (χ1) is 9.02. The lowest BCUT2D eigenvalue weighted by Crippen LogP contribution is -2.06. The number of hydrogen-bond donors (Lipinski definition) is 0. The Morgan fingerprint density at radius 2 is 1.74 bits per heavy atom. The first-order valence-corrected chi connectivity index (χ1v) is 6.40. The molecule has 0 unspecified atom stereocenters. The van der Waals surface area contributed by atoms with Gasteiger partial charge >= 0.3 is 0 Å². The highest BCUT2D eigenvalue weighted by atomic mass is 16.1. The number of aromatic nitrogens is 2. The molecule has 3 rings (SSSR count). The van der Waals surface area contributed by atoms with Crippen LogP contribution in [0.15, 0.2) is 24.3 Å². The second kappa shape index (κ2) is 3.92. The second-order valence-electron chi connectivity index (χ2n) is 5.02. The van der Waals surface area contributed by atoms with Crippen molar-refractivity contribution >= 4 is 22.2 Å². The van der Waals surface area contributed by atoms with Crippen molar-refractivity contribution < 1.29 is 4.79 Å². The molecule has 0 saturated heterocycles. The SMILES string of the molecule is CC(=O)c1c2ccccc2c2nc(C)c(C)c(C)n12. The molecule has 3 aromatic rings. The molecule has 1 aromatic carbocycles. The zero-order chi connectivity index (χ0) is 13.7. The van der Waals surface area contributed by atoms with E-state index in [9.17, 15) is 4.79 Å². The van der Waals surface area contributed by atoms with Crippen LogP contribution in [-0.4, -0.2) is 15.2 Å². The van der Waals surface area contributed by atoms with Crippen LogP contribution in [0.2, 0.25) is 0 Å². The van der Waals surface area contributed by atoms with E-state index in [0.717, 1.165) is 39.1 Å². The Bertz CT molecular complexity index is 828. The fourth-order valence-corrected chi connectivity index (χ4v) is 2.69. The number of ketones is 1. The van der Waals surface area contributed by atoms with Crippen molar-refractivity contribution in [3.8, 4) is 0 Å². The maximum absolute atomic E-state index is 12.0. The minimum absolute atomic E-state index is 0.0735. The number of carbonyl (C=O) groups excluding carboxylic acids is 1. The van der Waals surface area contributed by atoms with Crippen molar-refractivity contribution in [3.63, 3.8) is 0 Å². The highest BCUT2D eigenvalue weighted by Crippen LogP contribution is 2.28. The smallest absolute Gasteiger partial charge is 0.177 e. The van der Waals surface area contributed by atoms with E-state index >= 15 is 0 Å². The number of rotatable bonds is 1. The van der Waals surface area contributed by atoms with Gasteiger partial charge in [0.25, 0.3) is 0 Å². The Labute approximate surface area is 111 Å². The number of fused-ring (bicyclic) bond motifs is 3. The first-order valence-electron chi connectivity index (χ1n) is 6.40. The quantitative estimate of drug-likeness (QED) is 0.620. The second-order valence-corrected chi connectivity index (χ2v) is 5.02. The van der Waals surface area contributed by atoms with Crippen molar-refractivity contribution in [2.45, 2.75) is 27.7 Å². The van der Waals surface area contributed by atoms with Crippen molar-refractivity contribution in [2.75, 3.05) is 0 Å². The molecule has 0 N–H and O–H groups in total. The summed E-state index contributed by atoms with van der Waals surface area (Å²) in [4.78, 5) is 16.7. The van der Waals surface area contributed by atoms with E-state index in [1.807, 2.05) is 49.4 Å². The van der Waals surface area contributed by atoms with E-state index in [2.05, 4.69) is 4.98 Å². The van der Waals surface area contributed by atoms with Gasteiger partial charge in [0.1, 0.15) is 5.65 Å². The summed E-state index contributed by atoms with van der Waals surface area (Å²) in [6, 6.07) is 7.96. The molecule has 2 heterocycles. The molecule has 0 aliphatic carbocycles. The molecule has 0 aliphatic heterocycles. The average Bonchev–Trinajstić information content (AvgIpc) is 2.71. The summed E-state index contributed by atoms with van der Waals surface area (Å²) >= 11 is 0. The predicted octanol–water partition coefficient (Wildman–Crippen LogP) is 3.62. The van der Waals surface area contributed by atoms with E-state index in [1.54, 1.807) is 6.92 Å². The van der Waals surface area contributed by atoms with Gasteiger partial charge in [-0.15, -0.1) is 0 Å². The van der Waals surface area contributed by atoms with Gasteiger partial charge < -0.3 is 0 Å². The van der Waals surface area contributed by atoms with Gasteiger partial charge in [-0.1, -0.05) is 24.3 Å². The minimum Gasteiger partial charge on any atom is -0.294 e. The van der Waals surface area contributed by atoms with Gasteiger partial charge in [0, 0.05) is 29.1 Å². The molecule has 0 saturated carbocycles. The molecule has 0 atom stereocenters. The van der Waals surface area contributed by atoms with E-state index in [-0.39, 0.29) is 5.78 Å². The lowest BCUT2D eigenvalue weighted by molar-refractivity contribution is 0.101. The van der Waals surface area contributed by atoms with Crippen molar-refractivity contribution in [2.24, 2.45) is 0 Å². The van der Waals surface area contributed by atoms with Gasteiger partial charge in [0.2, 0.25) is 0 Å². The third-order valence-corrected chi connectivity index (χ3v) is 3.89. The molecule has 0 spiro atoms. The number of nitrogens with zero attached hydrogens (tertiary/aromatic N) is 2. The monoisotopic (exact) mass is 252 g/mol. The van der Waals surface area contributed by atoms with Gasteiger partial charge in [-0.25, -0.2) is 4.98 Å². The van der Waals surface area contributed by atoms with Gasteiger partial charge in [0.05, 0.1) is 5.69 Å². The summed E-state index contributed by atoms with van der Waals surface area (Å²) in [5.41, 5.74) is 4.85. The van der Waals surface area contributed by atoms with Crippen LogP contribution < -0.4 is 0 Å². The average molecular weight is 252 g/mol. The van der Waals surface area contributed by atoms with Crippen molar-refractivity contribution in [3.05, 3.63) is 46.9 Å². The summed E-state index contributed by atoms with van der Waals surface area (Å²) in [5.74, 6) is 0.0735. The van der Waals surface area contributed by atoms with E-state index in [0.29, 0.717) is 0 Å². The predicted molar refractivity (Wildman–Crippen MR) is 76.9 cm³/mol. The molecule has 2 aromatic heterocycles. The summed E-state index contributed by atoms with van der Waals surface area (Å²) in [5, 5.41) is 2.02. The fourth-order valence-electron chi connectivity index (χ4n) is 2.69. The lowest BCUT2D eigenvalue weighted by Gasteiger charge is -2.09. The number of Topliss-reactive ketones (excluding diaryl/α,β-unsaturated/α-hetero) is 1. The Morgan fingerprint density at radius 1 is 1.11 bits per heavy atom. The number of carbonyl (C=O) groups is 1. The van der Waals surface area contributed by atoms with Gasteiger partial charge in [-0.3, -0.25) is 9.20 Å². The van der Waals surface area contributed by atoms with Crippen LogP contribution in [0.1, 0.15) is 34.4 Å².